The van der Waals surface area contributed by atoms with Crippen LogP contribution in [0.3, 0.4) is 0 Å². The molecule has 0 fully saturated rings. The minimum Gasteiger partial charge on any atom is -0.313 e. The van der Waals surface area contributed by atoms with E-state index in [4.69, 9.17) is 12.2 Å². The average Bonchev–Trinajstić information content (AvgIpc) is 1.65. The SMILES string of the molecule is CNC(C)C(C)=S. The zero-order chi connectivity index (χ0) is 5.86. The van der Waals surface area contributed by atoms with Gasteiger partial charge in [0.05, 0.1) is 0 Å². The van der Waals surface area contributed by atoms with E-state index < -0.39 is 0 Å². The summed E-state index contributed by atoms with van der Waals surface area (Å²) in [6, 6.07) is 0.384. The molecule has 7 heavy (non-hydrogen) atoms. The largest absolute Gasteiger partial charge is 0.313 e. The Morgan fingerprint density at radius 1 is 1.71 bits per heavy atom. The Labute approximate surface area is 50.1 Å². The van der Waals surface area contributed by atoms with Crippen LogP contribution in [0.4, 0.5) is 0 Å². The van der Waals surface area contributed by atoms with Crippen molar-refractivity contribution in [1.29, 1.82) is 0 Å². The Bertz CT molecular complexity index is 70.5. The molecule has 1 nitrogen and oxygen atoms in total. The summed E-state index contributed by atoms with van der Waals surface area (Å²) >= 11 is 4.85. The van der Waals surface area contributed by atoms with Crippen LogP contribution in [0.15, 0.2) is 0 Å². The van der Waals surface area contributed by atoms with E-state index in [1.165, 1.54) is 0 Å². The molecule has 1 atom stereocenters. The zero-order valence-corrected chi connectivity index (χ0v) is 5.80. The fraction of sp³-hybridized carbons (Fsp3) is 0.800. The van der Waals surface area contributed by atoms with Crippen molar-refractivity contribution in [3.05, 3.63) is 0 Å². The van der Waals surface area contributed by atoms with Crippen LogP contribution in [0.1, 0.15) is 13.8 Å². The summed E-state index contributed by atoms with van der Waals surface area (Å²) in [6.07, 6.45) is 0. The standard InChI is InChI=1S/C5H11NS/c1-4(6-3)5(2)7/h4,6H,1-3H3. The van der Waals surface area contributed by atoms with E-state index in [1.807, 2.05) is 20.9 Å². The van der Waals surface area contributed by atoms with E-state index in [2.05, 4.69) is 5.32 Å². The molecule has 0 aromatic carbocycles. The Kier molecular flexibility index (Phi) is 3.13. The fourth-order valence-corrected chi connectivity index (χ4v) is 0.321. The van der Waals surface area contributed by atoms with Crippen molar-refractivity contribution >= 4 is 17.1 Å². The van der Waals surface area contributed by atoms with Gasteiger partial charge in [-0.05, 0) is 20.9 Å². The summed E-state index contributed by atoms with van der Waals surface area (Å²) in [6.45, 7) is 3.98. The van der Waals surface area contributed by atoms with E-state index in [9.17, 15) is 0 Å². The van der Waals surface area contributed by atoms with Gasteiger partial charge in [0.2, 0.25) is 0 Å². The summed E-state index contributed by atoms with van der Waals surface area (Å²) in [5.74, 6) is 0. The summed E-state index contributed by atoms with van der Waals surface area (Å²) < 4.78 is 0. The molecular weight excluding hydrogens is 106 g/mol. The highest BCUT2D eigenvalue weighted by Crippen LogP contribution is 1.82. The van der Waals surface area contributed by atoms with Crippen LogP contribution in [-0.2, 0) is 0 Å². The molecule has 0 aliphatic carbocycles. The van der Waals surface area contributed by atoms with Gasteiger partial charge in [-0.2, -0.15) is 0 Å². The monoisotopic (exact) mass is 117 g/mol. The number of hydrogen-bond acceptors (Lipinski definition) is 2. The third kappa shape index (κ3) is 2.71. The van der Waals surface area contributed by atoms with Crippen LogP contribution in [-0.4, -0.2) is 18.0 Å². The predicted molar refractivity (Wildman–Crippen MR) is 36.8 cm³/mol. The summed E-state index contributed by atoms with van der Waals surface area (Å²) in [7, 11) is 1.90. The highest BCUT2D eigenvalue weighted by molar-refractivity contribution is 7.80. The second-order valence-electron chi connectivity index (χ2n) is 1.62. The van der Waals surface area contributed by atoms with Crippen molar-refractivity contribution in [3.63, 3.8) is 0 Å². The van der Waals surface area contributed by atoms with Crippen LogP contribution in [0.25, 0.3) is 0 Å². The molecule has 1 N–H and O–H groups in total. The molecule has 0 bridgehead atoms. The number of nitrogens with one attached hydrogen (secondary N) is 1. The minimum atomic E-state index is 0.384. The van der Waals surface area contributed by atoms with Crippen molar-refractivity contribution in [2.45, 2.75) is 19.9 Å². The molecule has 42 valence electrons. The lowest BCUT2D eigenvalue weighted by Crippen LogP contribution is -2.27. The van der Waals surface area contributed by atoms with E-state index in [0.29, 0.717) is 6.04 Å². The molecule has 0 amide bonds. The molecule has 0 spiro atoms. The van der Waals surface area contributed by atoms with Crippen molar-refractivity contribution in [1.82, 2.24) is 5.32 Å². The van der Waals surface area contributed by atoms with Gasteiger partial charge in [-0.25, -0.2) is 0 Å². The van der Waals surface area contributed by atoms with Crippen molar-refractivity contribution in [2.24, 2.45) is 0 Å². The molecular formula is C5H11NS. The average molecular weight is 117 g/mol. The molecule has 0 aliphatic rings. The molecule has 0 radical (unpaired) electrons. The van der Waals surface area contributed by atoms with E-state index in [1.54, 1.807) is 0 Å². The number of rotatable bonds is 2. The molecule has 0 saturated heterocycles. The van der Waals surface area contributed by atoms with Crippen molar-refractivity contribution in [2.75, 3.05) is 7.05 Å². The van der Waals surface area contributed by atoms with Gasteiger partial charge in [0.1, 0.15) is 0 Å². The van der Waals surface area contributed by atoms with Crippen LogP contribution in [0, 0.1) is 0 Å². The van der Waals surface area contributed by atoms with Crippen LogP contribution in [0.2, 0.25) is 0 Å². The molecule has 0 rings (SSSR count). The molecule has 0 saturated carbocycles. The van der Waals surface area contributed by atoms with E-state index >= 15 is 0 Å². The van der Waals surface area contributed by atoms with E-state index in [-0.39, 0.29) is 0 Å². The highest BCUT2D eigenvalue weighted by Gasteiger charge is 1.95. The van der Waals surface area contributed by atoms with Gasteiger partial charge in [0, 0.05) is 10.9 Å². The van der Waals surface area contributed by atoms with Gasteiger partial charge in [-0.3, -0.25) is 0 Å². The van der Waals surface area contributed by atoms with Gasteiger partial charge in [0.25, 0.3) is 0 Å². The normalized spacial score (nSPS) is 13.6. The maximum atomic E-state index is 4.85. The smallest absolute Gasteiger partial charge is 0.0349 e. The lowest BCUT2D eigenvalue weighted by Gasteiger charge is -2.04. The Morgan fingerprint density at radius 3 is 2.14 bits per heavy atom. The summed E-state index contributed by atoms with van der Waals surface area (Å²) in [4.78, 5) is 1.02. The lowest BCUT2D eigenvalue weighted by atomic mass is 10.3. The molecule has 0 aromatic heterocycles. The topological polar surface area (TPSA) is 12.0 Å². The first-order valence-corrected chi connectivity index (χ1v) is 2.77. The maximum absolute atomic E-state index is 4.85. The lowest BCUT2D eigenvalue weighted by molar-refractivity contribution is 0.768. The van der Waals surface area contributed by atoms with Gasteiger partial charge in [-0.15, -0.1) is 0 Å². The maximum Gasteiger partial charge on any atom is 0.0349 e. The Morgan fingerprint density at radius 2 is 2.14 bits per heavy atom. The zero-order valence-electron chi connectivity index (χ0n) is 4.99. The first kappa shape index (κ1) is 7.05. The molecule has 0 aliphatic heterocycles. The Hall–Kier alpha value is 0.0500. The van der Waals surface area contributed by atoms with Crippen LogP contribution in [0.5, 0.6) is 0 Å². The minimum absolute atomic E-state index is 0.384. The quantitative estimate of drug-likeness (QED) is 0.541. The second kappa shape index (κ2) is 3.10. The van der Waals surface area contributed by atoms with Crippen LogP contribution < -0.4 is 5.32 Å². The molecule has 0 aromatic rings. The van der Waals surface area contributed by atoms with Gasteiger partial charge < -0.3 is 5.32 Å². The predicted octanol–water partition coefficient (Wildman–Crippen LogP) is 0.984. The molecule has 0 heterocycles. The van der Waals surface area contributed by atoms with Crippen LogP contribution >= 0.6 is 12.2 Å². The summed E-state index contributed by atoms with van der Waals surface area (Å²) in [5.41, 5.74) is 0. The summed E-state index contributed by atoms with van der Waals surface area (Å²) in [5, 5.41) is 3.02. The first-order chi connectivity index (χ1) is 3.18. The Balaban J connectivity index is 3.34. The van der Waals surface area contributed by atoms with E-state index in [0.717, 1.165) is 4.86 Å². The highest BCUT2D eigenvalue weighted by atomic mass is 32.1. The van der Waals surface area contributed by atoms with Crippen molar-refractivity contribution < 1.29 is 0 Å². The molecule has 2 heteroatoms. The first-order valence-electron chi connectivity index (χ1n) is 2.36. The van der Waals surface area contributed by atoms with Gasteiger partial charge in [0.15, 0.2) is 0 Å². The second-order valence-corrected chi connectivity index (χ2v) is 2.26. The van der Waals surface area contributed by atoms with Gasteiger partial charge >= 0.3 is 0 Å². The molecule has 1 unspecified atom stereocenters. The van der Waals surface area contributed by atoms with Gasteiger partial charge in [-0.1, -0.05) is 12.2 Å². The number of thiocarbonyl (C=S) groups is 1. The van der Waals surface area contributed by atoms with Crippen molar-refractivity contribution in [3.8, 4) is 0 Å². The fourth-order valence-electron chi connectivity index (χ4n) is 0.203. The third-order valence-electron chi connectivity index (χ3n) is 1.04. The number of hydrogen-bond donors (Lipinski definition) is 1. The third-order valence-corrected chi connectivity index (χ3v) is 1.40.